The van der Waals surface area contributed by atoms with Crippen molar-refractivity contribution in [3.05, 3.63) is 34.7 Å². The first-order chi connectivity index (χ1) is 8.60. The number of fused-ring (bicyclic) bond motifs is 1. The Morgan fingerprint density at radius 3 is 2.22 bits per heavy atom. The minimum Gasteiger partial charge on any atom is -0.344 e. The molecule has 1 aromatic heterocycles. The van der Waals surface area contributed by atoms with Crippen LogP contribution in [0.3, 0.4) is 0 Å². The Hall–Kier alpha value is -1.64. The number of carbonyl (C=O) groups is 2. The molecule has 2 rings (SSSR count). The fourth-order valence-electron chi connectivity index (χ4n) is 2.19. The van der Waals surface area contributed by atoms with Crippen LogP contribution in [0.25, 0.3) is 0 Å². The second-order valence-electron chi connectivity index (χ2n) is 4.03. The molecule has 98 valence electrons. The molecule has 0 atom stereocenters. The van der Waals surface area contributed by atoms with Gasteiger partial charge in [0, 0.05) is 18.3 Å². The van der Waals surface area contributed by atoms with Gasteiger partial charge in [-0.25, -0.2) is 0 Å². The quantitative estimate of drug-likeness (QED) is 0.804. The predicted molar refractivity (Wildman–Crippen MR) is 73.2 cm³/mol. The average Bonchev–Trinajstić information content (AvgIpc) is 2.74. The molecule has 0 bridgehead atoms. The lowest BCUT2D eigenvalue weighted by molar-refractivity contribution is 0.0977. The number of ketones is 2. The highest BCUT2D eigenvalue weighted by atomic mass is 16.1. The van der Waals surface area contributed by atoms with Gasteiger partial charge in [0.15, 0.2) is 5.78 Å². The molecule has 0 saturated carbocycles. The molecule has 1 aliphatic carbocycles. The van der Waals surface area contributed by atoms with Crippen molar-refractivity contribution in [3.8, 4) is 0 Å². The van der Waals surface area contributed by atoms with Crippen LogP contribution in [0.2, 0.25) is 0 Å². The van der Waals surface area contributed by atoms with Gasteiger partial charge in [0.2, 0.25) is 5.78 Å². The highest BCUT2D eigenvalue weighted by Crippen LogP contribution is 2.25. The van der Waals surface area contributed by atoms with Crippen LogP contribution in [0.5, 0.6) is 0 Å². The molecule has 3 nitrogen and oxygen atoms in total. The molecule has 18 heavy (non-hydrogen) atoms. The van der Waals surface area contributed by atoms with E-state index in [1.165, 1.54) is 6.08 Å². The smallest absolute Gasteiger partial charge is 0.203 e. The zero-order valence-corrected chi connectivity index (χ0v) is 11.8. The predicted octanol–water partition coefficient (Wildman–Crippen LogP) is 3.33. The number of nitrogens with zero attached hydrogens (tertiary/aromatic N) is 1. The Bertz CT molecular complexity index is 507. The summed E-state index contributed by atoms with van der Waals surface area (Å²) < 4.78 is 1.83. The monoisotopic (exact) mass is 247 g/mol. The van der Waals surface area contributed by atoms with Crippen LogP contribution in [0, 0.1) is 0 Å². The standard InChI is InChI=1S/C13H15NO2.C2H6/c1-4-8-6-11(15)12-10(13(8)16)7-9(5-2)14(12)3;1-2/h6-7H,4-5H2,1-3H3;1-2H3. The molecule has 1 aromatic rings. The number of hydrogen-bond donors (Lipinski definition) is 0. The number of allylic oxidation sites excluding steroid dienone is 2. The normalized spacial score (nSPS) is 13.7. The van der Waals surface area contributed by atoms with E-state index in [4.69, 9.17) is 0 Å². The molecule has 0 fully saturated rings. The van der Waals surface area contributed by atoms with E-state index in [1.54, 1.807) is 0 Å². The summed E-state index contributed by atoms with van der Waals surface area (Å²) in [6.45, 7) is 7.91. The summed E-state index contributed by atoms with van der Waals surface area (Å²) in [6.07, 6.45) is 2.91. The second kappa shape index (κ2) is 5.80. The number of aromatic nitrogens is 1. The van der Waals surface area contributed by atoms with Gasteiger partial charge in [0.25, 0.3) is 0 Å². The fourth-order valence-corrected chi connectivity index (χ4v) is 2.19. The molecule has 1 aliphatic rings. The van der Waals surface area contributed by atoms with Gasteiger partial charge in [-0.3, -0.25) is 9.59 Å². The van der Waals surface area contributed by atoms with E-state index < -0.39 is 0 Å². The van der Waals surface area contributed by atoms with Crippen molar-refractivity contribution in [1.29, 1.82) is 0 Å². The summed E-state index contributed by atoms with van der Waals surface area (Å²) in [7, 11) is 1.84. The molecule has 3 heteroatoms. The third kappa shape index (κ3) is 2.17. The number of aryl methyl sites for hydroxylation is 1. The van der Waals surface area contributed by atoms with Gasteiger partial charge in [-0.05, 0) is 25.0 Å². The zero-order valence-electron chi connectivity index (χ0n) is 11.8. The molecular weight excluding hydrogens is 226 g/mol. The van der Waals surface area contributed by atoms with Gasteiger partial charge < -0.3 is 4.57 Å². The van der Waals surface area contributed by atoms with Crippen LogP contribution in [0.1, 0.15) is 60.7 Å². The maximum Gasteiger partial charge on any atom is 0.203 e. The van der Waals surface area contributed by atoms with Gasteiger partial charge in [0.1, 0.15) is 5.69 Å². The van der Waals surface area contributed by atoms with Crippen LogP contribution in [-0.2, 0) is 13.5 Å². The van der Waals surface area contributed by atoms with Crippen molar-refractivity contribution in [1.82, 2.24) is 4.57 Å². The van der Waals surface area contributed by atoms with Crippen molar-refractivity contribution in [2.45, 2.75) is 40.5 Å². The highest BCUT2D eigenvalue weighted by Gasteiger charge is 2.28. The van der Waals surface area contributed by atoms with E-state index in [9.17, 15) is 9.59 Å². The molecule has 0 saturated heterocycles. The highest BCUT2D eigenvalue weighted by molar-refractivity contribution is 6.24. The number of carbonyl (C=O) groups excluding carboxylic acids is 2. The maximum absolute atomic E-state index is 12.0. The zero-order chi connectivity index (χ0) is 13.9. The Morgan fingerprint density at radius 1 is 1.11 bits per heavy atom. The Labute approximate surface area is 108 Å². The van der Waals surface area contributed by atoms with Crippen LogP contribution < -0.4 is 0 Å². The molecule has 0 spiro atoms. The summed E-state index contributed by atoms with van der Waals surface area (Å²) in [5.74, 6) is -0.0407. The Kier molecular flexibility index (Phi) is 4.65. The largest absolute Gasteiger partial charge is 0.344 e. The minimum absolute atomic E-state index is 0.00685. The lowest BCUT2D eigenvalue weighted by atomic mass is 9.93. The Balaban J connectivity index is 0.000000771. The summed E-state index contributed by atoms with van der Waals surface area (Å²) in [5, 5.41) is 0. The Morgan fingerprint density at radius 2 is 1.72 bits per heavy atom. The van der Waals surface area contributed by atoms with Crippen molar-refractivity contribution in [2.75, 3.05) is 0 Å². The maximum atomic E-state index is 12.0. The molecule has 0 aromatic carbocycles. The van der Waals surface area contributed by atoms with E-state index in [1.807, 2.05) is 45.4 Å². The lowest BCUT2D eigenvalue weighted by Crippen LogP contribution is -2.18. The molecule has 0 aliphatic heterocycles. The van der Waals surface area contributed by atoms with Gasteiger partial charge in [-0.2, -0.15) is 0 Å². The molecule has 0 radical (unpaired) electrons. The molecule has 0 unspecified atom stereocenters. The summed E-state index contributed by atoms with van der Waals surface area (Å²) >= 11 is 0. The van der Waals surface area contributed by atoms with Crippen LogP contribution >= 0.6 is 0 Å². The van der Waals surface area contributed by atoms with Gasteiger partial charge in [-0.1, -0.05) is 27.7 Å². The number of Topliss-reactive ketones (excluding diaryl/α,β-unsaturated/α-hetero) is 1. The molecule has 1 heterocycles. The molecule has 0 N–H and O–H groups in total. The van der Waals surface area contributed by atoms with E-state index in [0.717, 1.165) is 12.1 Å². The first-order valence-corrected chi connectivity index (χ1v) is 6.58. The number of hydrogen-bond acceptors (Lipinski definition) is 2. The van der Waals surface area contributed by atoms with Crippen molar-refractivity contribution in [3.63, 3.8) is 0 Å². The topological polar surface area (TPSA) is 39.1 Å². The van der Waals surface area contributed by atoms with Crippen molar-refractivity contribution in [2.24, 2.45) is 7.05 Å². The van der Waals surface area contributed by atoms with E-state index in [-0.39, 0.29) is 11.6 Å². The summed E-state index contributed by atoms with van der Waals surface area (Å²) in [5.41, 5.74) is 2.76. The fraction of sp³-hybridized carbons (Fsp3) is 0.467. The molecule has 0 amide bonds. The van der Waals surface area contributed by atoms with Crippen LogP contribution in [0.15, 0.2) is 17.7 Å². The van der Waals surface area contributed by atoms with Gasteiger partial charge in [-0.15, -0.1) is 0 Å². The van der Waals surface area contributed by atoms with Crippen LogP contribution in [-0.4, -0.2) is 16.1 Å². The van der Waals surface area contributed by atoms with Crippen molar-refractivity contribution >= 4 is 11.6 Å². The first-order valence-electron chi connectivity index (χ1n) is 6.58. The average molecular weight is 247 g/mol. The second-order valence-corrected chi connectivity index (χ2v) is 4.03. The first kappa shape index (κ1) is 14.4. The minimum atomic E-state index is -0.0475. The van der Waals surface area contributed by atoms with E-state index >= 15 is 0 Å². The van der Waals surface area contributed by atoms with Gasteiger partial charge in [0.05, 0.1) is 5.56 Å². The summed E-state index contributed by atoms with van der Waals surface area (Å²) in [6, 6.07) is 1.85. The number of rotatable bonds is 2. The van der Waals surface area contributed by atoms with Gasteiger partial charge >= 0.3 is 0 Å². The third-order valence-corrected chi connectivity index (χ3v) is 3.15. The summed E-state index contributed by atoms with van der Waals surface area (Å²) in [4.78, 5) is 23.9. The van der Waals surface area contributed by atoms with Crippen LogP contribution in [0.4, 0.5) is 0 Å². The third-order valence-electron chi connectivity index (χ3n) is 3.15. The lowest BCUT2D eigenvalue weighted by Gasteiger charge is -2.11. The molecular formula is C15H21NO2. The van der Waals surface area contributed by atoms with E-state index in [2.05, 4.69) is 0 Å². The van der Waals surface area contributed by atoms with E-state index in [0.29, 0.717) is 23.3 Å². The SMILES string of the molecule is CC.CCC1=CC(=O)c2c(cc(CC)n2C)C1=O. The van der Waals surface area contributed by atoms with Crippen molar-refractivity contribution < 1.29 is 9.59 Å².